The van der Waals surface area contributed by atoms with Gasteiger partial charge in [0, 0.05) is 32.5 Å². The van der Waals surface area contributed by atoms with Gasteiger partial charge in [0.25, 0.3) is 11.8 Å². The monoisotopic (exact) mass is 550 g/mol. The van der Waals surface area contributed by atoms with Gasteiger partial charge in [-0.2, -0.15) is 13.2 Å². The number of amides is 5. The Labute approximate surface area is 221 Å². The number of rotatable bonds is 6. The van der Waals surface area contributed by atoms with E-state index in [1.807, 2.05) is 0 Å². The first kappa shape index (κ1) is 27.9. The van der Waals surface area contributed by atoms with E-state index in [1.54, 1.807) is 13.0 Å². The Morgan fingerprint density at radius 3 is 2.36 bits per heavy atom. The number of halogens is 4. The highest BCUT2D eigenvalue weighted by molar-refractivity contribution is 6.07. The number of hydrogen-bond donors (Lipinski definition) is 1. The fourth-order valence-corrected chi connectivity index (χ4v) is 4.90. The highest BCUT2D eigenvalue weighted by Crippen LogP contribution is 2.38. The lowest BCUT2D eigenvalue weighted by molar-refractivity contribution is -0.141. The predicted molar refractivity (Wildman–Crippen MR) is 127 cm³/mol. The van der Waals surface area contributed by atoms with Crippen molar-refractivity contribution in [2.45, 2.75) is 50.5 Å². The van der Waals surface area contributed by atoms with E-state index < -0.39 is 58.5 Å². The predicted octanol–water partition coefficient (Wildman–Crippen LogP) is 2.60. The zero-order valence-electron chi connectivity index (χ0n) is 21.2. The fraction of sp³-hybridized carbons (Fsp3) is 0.440. The van der Waals surface area contributed by atoms with Crippen LogP contribution in [0.1, 0.15) is 47.9 Å². The molecule has 0 aliphatic carbocycles. The molecule has 1 aromatic heterocycles. The minimum absolute atomic E-state index is 0.000103. The summed E-state index contributed by atoms with van der Waals surface area (Å²) < 4.78 is 53.3. The molecule has 4 rings (SSSR count). The van der Waals surface area contributed by atoms with Gasteiger partial charge in [-0.1, -0.05) is 6.92 Å². The third kappa shape index (κ3) is 5.27. The van der Waals surface area contributed by atoms with Crippen LogP contribution >= 0.6 is 0 Å². The third-order valence-electron chi connectivity index (χ3n) is 7.11. The summed E-state index contributed by atoms with van der Waals surface area (Å²) in [6.45, 7) is 1.73. The van der Waals surface area contributed by atoms with Crippen LogP contribution in [0.5, 0.6) is 0 Å². The first-order chi connectivity index (χ1) is 18.4. The van der Waals surface area contributed by atoms with Crippen LogP contribution in [0, 0.1) is 5.82 Å². The Bertz CT molecular complexity index is 1280. The van der Waals surface area contributed by atoms with Crippen molar-refractivity contribution in [1.29, 1.82) is 0 Å². The van der Waals surface area contributed by atoms with Crippen LogP contribution in [-0.2, 0) is 22.3 Å². The molecule has 0 radical (unpaired) electrons. The van der Waals surface area contributed by atoms with Crippen molar-refractivity contribution in [1.82, 2.24) is 30.0 Å². The Hall–Kier alpha value is -4.10. The standard InChI is InChI=1S/C25H26F4N6O4/c1-3-18(32-20(36)16-13-15(25(27,28)29)5-6-17(16)26)21(37)34-11-7-24(8-12-34)22(38)33(2)23(39)35(24)14-19-30-9-4-10-31-19/h4-6,9-10,13,18H,3,7-8,11-12,14H2,1-2H3,(H,32,36). The number of alkyl halides is 3. The molecule has 14 heteroatoms. The summed E-state index contributed by atoms with van der Waals surface area (Å²) >= 11 is 0. The summed E-state index contributed by atoms with van der Waals surface area (Å²) in [5.41, 5.74) is -3.22. The molecule has 1 N–H and O–H groups in total. The molecule has 2 aliphatic heterocycles. The zero-order valence-corrected chi connectivity index (χ0v) is 21.2. The molecule has 0 saturated carbocycles. The van der Waals surface area contributed by atoms with Crippen molar-refractivity contribution >= 4 is 23.8 Å². The highest BCUT2D eigenvalue weighted by Gasteiger charge is 2.57. The van der Waals surface area contributed by atoms with Crippen molar-refractivity contribution in [2.75, 3.05) is 20.1 Å². The number of hydrogen-bond acceptors (Lipinski definition) is 6. The van der Waals surface area contributed by atoms with E-state index in [-0.39, 0.29) is 38.9 Å². The molecule has 3 heterocycles. The largest absolute Gasteiger partial charge is 0.416 e. The van der Waals surface area contributed by atoms with Gasteiger partial charge >= 0.3 is 12.2 Å². The molecule has 1 spiro atoms. The molecule has 2 fully saturated rings. The van der Waals surface area contributed by atoms with Gasteiger partial charge in [0.05, 0.1) is 17.7 Å². The smallest absolute Gasteiger partial charge is 0.341 e. The van der Waals surface area contributed by atoms with Crippen LogP contribution in [0.25, 0.3) is 0 Å². The number of nitrogens with zero attached hydrogens (tertiary/aromatic N) is 5. The van der Waals surface area contributed by atoms with Crippen molar-refractivity contribution in [3.8, 4) is 0 Å². The number of carbonyl (C=O) groups is 4. The Morgan fingerprint density at radius 1 is 1.13 bits per heavy atom. The van der Waals surface area contributed by atoms with Crippen molar-refractivity contribution < 1.29 is 36.7 Å². The second-order valence-corrected chi connectivity index (χ2v) is 9.38. The number of piperidine rings is 1. The molecule has 10 nitrogen and oxygen atoms in total. The van der Waals surface area contributed by atoms with E-state index in [9.17, 15) is 36.7 Å². The minimum atomic E-state index is -4.78. The number of aromatic nitrogens is 2. The second-order valence-electron chi connectivity index (χ2n) is 9.38. The summed E-state index contributed by atoms with van der Waals surface area (Å²) in [5, 5.41) is 2.33. The summed E-state index contributed by atoms with van der Waals surface area (Å²) in [6.07, 6.45) is -1.41. The number of carbonyl (C=O) groups excluding carboxylic acids is 4. The van der Waals surface area contributed by atoms with Gasteiger partial charge in [0.2, 0.25) is 5.91 Å². The molecular formula is C25H26F4N6O4. The van der Waals surface area contributed by atoms with Crippen LogP contribution in [0.15, 0.2) is 36.7 Å². The minimum Gasteiger partial charge on any atom is -0.341 e. The molecule has 5 amide bonds. The lowest BCUT2D eigenvalue weighted by atomic mass is 9.85. The quantitative estimate of drug-likeness (QED) is 0.437. The average molecular weight is 551 g/mol. The molecule has 2 saturated heterocycles. The number of urea groups is 1. The number of benzene rings is 1. The maximum absolute atomic E-state index is 14.2. The van der Waals surface area contributed by atoms with Gasteiger partial charge in [-0.05, 0) is 43.5 Å². The van der Waals surface area contributed by atoms with Gasteiger partial charge in [0.15, 0.2) is 0 Å². The summed E-state index contributed by atoms with van der Waals surface area (Å²) in [4.78, 5) is 64.0. The Balaban J connectivity index is 1.47. The average Bonchev–Trinajstić information content (AvgIpc) is 3.08. The molecule has 1 unspecified atom stereocenters. The summed E-state index contributed by atoms with van der Waals surface area (Å²) in [6, 6.07) is 1.45. The molecule has 39 heavy (non-hydrogen) atoms. The summed E-state index contributed by atoms with van der Waals surface area (Å²) in [5.74, 6) is -2.90. The van der Waals surface area contributed by atoms with Gasteiger partial charge in [-0.25, -0.2) is 19.2 Å². The lowest BCUT2D eigenvalue weighted by Crippen LogP contribution is -2.59. The lowest BCUT2D eigenvalue weighted by Gasteiger charge is -2.42. The topological polar surface area (TPSA) is 116 Å². The number of imide groups is 1. The van der Waals surface area contributed by atoms with E-state index in [2.05, 4.69) is 15.3 Å². The number of likely N-dealkylation sites (N-methyl/N-ethyl adjacent to an activating group) is 1. The number of nitrogens with one attached hydrogen (secondary N) is 1. The molecule has 2 aliphatic rings. The first-order valence-electron chi connectivity index (χ1n) is 12.2. The van der Waals surface area contributed by atoms with Crippen LogP contribution in [0.2, 0.25) is 0 Å². The summed E-state index contributed by atoms with van der Waals surface area (Å²) in [7, 11) is 1.38. The maximum Gasteiger partial charge on any atom is 0.416 e. The van der Waals surface area contributed by atoms with E-state index in [1.165, 1.54) is 29.2 Å². The van der Waals surface area contributed by atoms with E-state index in [0.29, 0.717) is 24.0 Å². The molecule has 2 aromatic rings. The van der Waals surface area contributed by atoms with Crippen molar-refractivity contribution in [3.63, 3.8) is 0 Å². The first-order valence-corrected chi connectivity index (χ1v) is 12.2. The fourth-order valence-electron chi connectivity index (χ4n) is 4.90. The van der Waals surface area contributed by atoms with Crippen molar-refractivity contribution in [3.05, 3.63) is 59.4 Å². The molecule has 0 bridgehead atoms. The van der Waals surface area contributed by atoms with E-state index in [0.717, 1.165) is 4.90 Å². The SMILES string of the molecule is CCC(NC(=O)c1cc(C(F)(F)F)ccc1F)C(=O)N1CCC2(CC1)C(=O)N(C)C(=O)N2Cc1ncccn1. The van der Waals surface area contributed by atoms with E-state index >= 15 is 0 Å². The van der Waals surface area contributed by atoms with E-state index in [4.69, 9.17) is 0 Å². The number of likely N-dealkylation sites (tertiary alicyclic amines) is 1. The van der Waals surface area contributed by atoms with Gasteiger partial charge in [-0.3, -0.25) is 19.3 Å². The van der Waals surface area contributed by atoms with Crippen LogP contribution in [0.4, 0.5) is 22.4 Å². The third-order valence-corrected chi connectivity index (χ3v) is 7.11. The zero-order chi connectivity index (χ0) is 28.5. The molecule has 1 atom stereocenters. The van der Waals surface area contributed by atoms with Crippen LogP contribution in [-0.4, -0.2) is 80.1 Å². The molecule has 1 aromatic carbocycles. The van der Waals surface area contributed by atoms with Gasteiger partial charge in [-0.15, -0.1) is 0 Å². The normalized spacial score (nSPS) is 18.1. The maximum atomic E-state index is 14.2. The van der Waals surface area contributed by atoms with Crippen LogP contribution in [0.3, 0.4) is 0 Å². The van der Waals surface area contributed by atoms with Gasteiger partial charge in [0.1, 0.15) is 23.2 Å². The van der Waals surface area contributed by atoms with Crippen LogP contribution < -0.4 is 5.32 Å². The second kappa shape index (κ2) is 10.6. The molecule has 208 valence electrons. The highest BCUT2D eigenvalue weighted by atomic mass is 19.4. The van der Waals surface area contributed by atoms with Crippen molar-refractivity contribution in [2.24, 2.45) is 0 Å². The molecular weight excluding hydrogens is 524 g/mol. The Morgan fingerprint density at radius 2 is 1.77 bits per heavy atom. The Kier molecular flexibility index (Phi) is 7.57. The van der Waals surface area contributed by atoms with Gasteiger partial charge < -0.3 is 15.1 Å².